The predicted molar refractivity (Wildman–Crippen MR) is 165 cm³/mol. The average Bonchev–Trinajstić information content (AvgIpc) is 3.41. The second kappa shape index (κ2) is 11.7. The lowest BCUT2D eigenvalue weighted by Gasteiger charge is -2.23. The molecule has 258 valence electrons. The first-order valence-electron chi connectivity index (χ1n) is 15.5. The van der Waals surface area contributed by atoms with Crippen LogP contribution in [-0.4, -0.2) is 41.3 Å². The van der Waals surface area contributed by atoms with Crippen molar-refractivity contribution in [1.29, 1.82) is 0 Å². The minimum absolute atomic E-state index is 0.0821. The van der Waals surface area contributed by atoms with Gasteiger partial charge in [0.2, 0.25) is 5.91 Å². The molecule has 1 amide bonds. The molecule has 0 aliphatic heterocycles. The Labute approximate surface area is 279 Å². The third-order valence-electron chi connectivity index (χ3n) is 8.65. The summed E-state index contributed by atoms with van der Waals surface area (Å²) >= 11 is 0. The number of halogens is 7. The highest BCUT2D eigenvalue weighted by Crippen LogP contribution is 2.68. The van der Waals surface area contributed by atoms with Crippen LogP contribution in [0.4, 0.5) is 30.7 Å². The van der Waals surface area contributed by atoms with Crippen LogP contribution >= 0.6 is 0 Å². The number of H-pyrrole nitrogens is 1. The largest absolute Gasteiger partial charge is 0.435 e. The Morgan fingerprint density at radius 3 is 2.58 bits per heavy atom. The first kappa shape index (κ1) is 33.3. The number of hydrogen-bond donors (Lipinski definition) is 3. The number of benzene rings is 1. The van der Waals surface area contributed by atoms with Gasteiger partial charge in [-0.25, -0.2) is 18.7 Å². The van der Waals surface area contributed by atoms with Gasteiger partial charge in [-0.1, -0.05) is 5.92 Å². The van der Waals surface area contributed by atoms with Gasteiger partial charge in [-0.3, -0.25) is 9.48 Å². The molecule has 0 unspecified atom stereocenters. The van der Waals surface area contributed by atoms with E-state index in [9.17, 15) is 31.9 Å². The number of amides is 1. The summed E-state index contributed by atoms with van der Waals surface area (Å²) in [6.07, 6.45) is -2.21. The van der Waals surface area contributed by atoms with Crippen LogP contribution in [0.25, 0.3) is 22.2 Å². The highest BCUT2D eigenvalue weighted by atomic mass is 19.4. The van der Waals surface area contributed by atoms with Gasteiger partial charge in [0.15, 0.2) is 5.69 Å². The van der Waals surface area contributed by atoms with E-state index in [1.165, 1.54) is 20.0 Å². The van der Waals surface area contributed by atoms with Gasteiger partial charge in [0, 0.05) is 46.5 Å². The summed E-state index contributed by atoms with van der Waals surface area (Å²) in [6, 6.07) is 8.23. The molecule has 3 N–H and O–H groups in total. The number of fused-ring (bicyclic) bond motifs is 4. The molecule has 50 heavy (non-hydrogen) atoms. The van der Waals surface area contributed by atoms with Gasteiger partial charge in [-0.15, -0.1) is 0 Å². The summed E-state index contributed by atoms with van der Waals surface area (Å²) < 4.78 is 101. The second-order valence-electron chi connectivity index (χ2n) is 13.0. The van der Waals surface area contributed by atoms with Crippen molar-refractivity contribution in [2.75, 3.05) is 0 Å². The summed E-state index contributed by atoms with van der Waals surface area (Å²) in [5, 5.41) is 17.0. The number of nitrogens with one attached hydrogen (secondary N) is 2. The zero-order chi connectivity index (χ0) is 35.7. The normalized spacial score (nSPS) is 18.3. The maximum absolute atomic E-state index is 15.2. The molecule has 4 heterocycles. The van der Waals surface area contributed by atoms with Gasteiger partial charge in [-0.05, 0) is 80.5 Å². The minimum atomic E-state index is -5.03. The van der Waals surface area contributed by atoms with E-state index in [1.54, 1.807) is 30.5 Å². The number of nitrogens with zero attached hydrogens (tertiary/aromatic N) is 4. The number of aromatic amines is 1. The summed E-state index contributed by atoms with van der Waals surface area (Å²) in [6.45, 7) is 1.90. The fourth-order valence-electron chi connectivity index (χ4n) is 6.51. The number of pyridine rings is 2. The SMILES string of the molecule is CC(C)(O)C#Cc1ccc(-c2cnc3[nH]ccc3c2)c([C@H](Cc2cc(F)cc(F)c2)NC(=O)Cn2nc(C(F)(F)F)c3c2C(F)(F)[C@@H]2C[C@H]32)n1. The Morgan fingerprint density at radius 1 is 1.14 bits per heavy atom. The van der Waals surface area contributed by atoms with Crippen LogP contribution in [0.15, 0.2) is 54.9 Å². The summed E-state index contributed by atoms with van der Waals surface area (Å²) in [4.78, 5) is 25.7. The maximum atomic E-state index is 15.2. The molecule has 0 bridgehead atoms. The van der Waals surface area contributed by atoms with E-state index in [1.807, 2.05) is 0 Å². The van der Waals surface area contributed by atoms with Crippen molar-refractivity contribution >= 4 is 16.9 Å². The van der Waals surface area contributed by atoms with Crippen molar-refractivity contribution in [3.8, 4) is 23.0 Å². The van der Waals surface area contributed by atoms with Gasteiger partial charge in [0.25, 0.3) is 5.92 Å². The van der Waals surface area contributed by atoms with Crippen LogP contribution in [0.2, 0.25) is 0 Å². The lowest BCUT2D eigenvalue weighted by molar-refractivity contribution is -0.142. The lowest BCUT2D eigenvalue weighted by atomic mass is 9.95. The van der Waals surface area contributed by atoms with Crippen molar-refractivity contribution in [1.82, 2.24) is 30.0 Å². The van der Waals surface area contributed by atoms with Crippen LogP contribution in [0.3, 0.4) is 0 Å². The molecular weight excluding hydrogens is 669 g/mol. The molecule has 1 fully saturated rings. The summed E-state index contributed by atoms with van der Waals surface area (Å²) in [5.74, 6) is -3.36. The number of carbonyl (C=O) groups excluding carboxylic acids is 1. The number of rotatable bonds is 7. The van der Waals surface area contributed by atoms with Crippen LogP contribution < -0.4 is 5.32 Å². The highest BCUT2D eigenvalue weighted by Gasteiger charge is 2.68. The van der Waals surface area contributed by atoms with E-state index in [0.717, 1.165) is 17.5 Å². The molecule has 2 aliphatic rings. The van der Waals surface area contributed by atoms with Crippen molar-refractivity contribution in [2.45, 2.75) is 62.9 Å². The monoisotopic (exact) mass is 696 g/mol. The quantitative estimate of drug-likeness (QED) is 0.132. The molecule has 4 aromatic heterocycles. The summed E-state index contributed by atoms with van der Waals surface area (Å²) in [5.41, 5.74) is -2.55. The van der Waals surface area contributed by atoms with Crippen molar-refractivity contribution < 1.29 is 40.6 Å². The molecule has 1 aromatic carbocycles. The zero-order valence-corrected chi connectivity index (χ0v) is 26.3. The Bertz CT molecular complexity index is 2200. The second-order valence-corrected chi connectivity index (χ2v) is 13.0. The Morgan fingerprint density at radius 2 is 1.88 bits per heavy atom. The highest BCUT2D eigenvalue weighted by molar-refractivity contribution is 5.82. The fraction of sp³-hybridized carbons (Fsp3) is 0.314. The van der Waals surface area contributed by atoms with E-state index < -0.39 is 76.6 Å². The molecule has 3 atom stereocenters. The third-order valence-corrected chi connectivity index (χ3v) is 8.65. The third kappa shape index (κ3) is 6.31. The number of alkyl halides is 5. The standard InChI is InChI=1S/C35H27F7N6O2/c1-33(2,50)7-5-22-3-4-23(19-12-18-6-8-43-32(18)44-15-19)29(45-22)26(11-17-9-20(36)13-21(37)10-17)46-27(49)16-48-31-28(30(47-48)35(40,41)42)24-14-25(24)34(31,38)39/h3-4,6,8-10,12-13,15,24-26,50H,11,14,16H2,1-2H3,(H,43,44)(H,46,49)/t24-,25+,26-/m0/s1. The minimum Gasteiger partial charge on any atom is -0.378 e. The van der Waals surface area contributed by atoms with E-state index in [2.05, 4.69) is 37.2 Å². The van der Waals surface area contributed by atoms with Gasteiger partial charge >= 0.3 is 6.18 Å². The van der Waals surface area contributed by atoms with Crippen LogP contribution in [-0.2, 0) is 29.9 Å². The average molecular weight is 697 g/mol. The van der Waals surface area contributed by atoms with Crippen LogP contribution in [0.5, 0.6) is 0 Å². The molecular formula is C35H27F7N6O2. The van der Waals surface area contributed by atoms with E-state index in [4.69, 9.17) is 0 Å². The molecule has 0 radical (unpaired) electrons. The first-order chi connectivity index (χ1) is 23.5. The van der Waals surface area contributed by atoms with Gasteiger partial charge in [-0.2, -0.15) is 27.1 Å². The molecule has 0 saturated heterocycles. The lowest BCUT2D eigenvalue weighted by Crippen LogP contribution is -2.35. The topological polar surface area (TPSA) is 109 Å². The number of aliphatic hydroxyl groups is 1. The predicted octanol–water partition coefficient (Wildman–Crippen LogP) is 6.55. The molecule has 1 saturated carbocycles. The van der Waals surface area contributed by atoms with E-state index in [-0.39, 0.29) is 29.8 Å². The Balaban J connectivity index is 1.32. The molecule has 2 aliphatic carbocycles. The van der Waals surface area contributed by atoms with E-state index >= 15 is 8.78 Å². The maximum Gasteiger partial charge on any atom is 0.435 e. The van der Waals surface area contributed by atoms with Crippen LogP contribution in [0.1, 0.15) is 66.1 Å². The number of hydrogen-bond acceptors (Lipinski definition) is 5. The molecule has 0 spiro atoms. The molecule has 15 heteroatoms. The fourth-order valence-corrected chi connectivity index (χ4v) is 6.51. The van der Waals surface area contributed by atoms with Crippen molar-refractivity contribution in [2.24, 2.45) is 5.92 Å². The van der Waals surface area contributed by atoms with Crippen LogP contribution in [0, 0.1) is 29.4 Å². The first-order valence-corrected chi connectivity index (χ1v) is 15.5. The van der Waals surface area contributed by atoms with Gasteiger partial charge < -0.3 is 15.4 Å². The number of aromatic nitrogens is 5. The Hall–Kier alpha value is -5.23. The molecule has 7 rings (SSSR count). The smallest absolute Gasteiger partial charge is 0.378 e. The summed E-state index contributed by atoms with van der Waals surface area (Å²) in [7, 11) is 0. The van der Waals surface area contributed by atoms with E-state index in [0.29, 0.717) is 27.5 Å². The van der Waals surface area contributed by atoms with Crippen molar-refractivity contribution in [3.05, 3.63) is 100 Å². The zero-order valence-electron chi connectivity index (χ0n) is 26.3. The molecule has 5 aromatic rings. The van der Waals surface area contributed by atoms with Gasteiger partial charge in [0.1, 0.15) is 40.8 Å². The van der Waals surface area contributed by atoms with Gasteiger partial charge in [0.05, 0.1) is 11.7 Å². The number of carbonyl (C=O) groups is 1. The molecule has 8 nitrogen and oxygen atoms in total. The Kier molecular flexibility index (Phi) is 7.78. The van der Waals surface area contributed by atoms with Crippen molar-refractivity contribution in [3.63, 3.8) is 0 Å².